The maximum atomic E-state index is 14.4. The van der Waals surface area contributed by atoms with Crippen LogP contribution in [0.4, 0.5) is 14.5 Å². The van der Waals surface area contributed by atoms with Crippen molar-refractivity contribution >= 4 is 11.6 Å². The third kappa shape index (κ3) is 3.03. The van der Waals surface area contributed by atoms with Gasteiger partial charge in [-0.05, 0) is 6.92 Å². The molecule has 27 heavy (non-hydrogen) atoms. The Bertz CT molecular complexity index is 867. The molecule has 1 amide bonds. The second-order valence-corrected chi connectivity index (χ2v) is 8.29. The number of carbonyl (C=O) groups excluding carboxylic acids is 1. The number of amides is 1. The minimum atomic E-state index is -2.89. The summed E-state index contributed by atoms with van der Waals surface area (Å²) in [4.78, 5) is 12.6. The van der Waals surface area contributed by atoms with Crippen molar-refractivity contribution in [2.45, 2.75) is 45.6 Å². The van der Waals surface area contributed by atoms with E-state index in [-0.39, 0.29) is 18.2 Å². The Balaban J connectivity index is 1.50. The number of carbonyl (C=O) groups is 1. The largest absolute Gasteiger partial charge is 0.318 e. The van der Waals surface area contributed by atoms with Gasteiger partial charge in [0.25, 0.3) is 11.8 Å². The molecule has 0 aromatic carbocycles. The number of aromatic nitrogens is 4. The molecular weight excluding hydrogens is 354 g/mol. The summed E-state index contributed by atoms with van der Waals surface area (Å²) in [6.45, 7) is 7.05. The summed E-state index contributed by atoms with van der Waals surface area (Å²) in [7, 11) is 0. The van der Waals surface area contributed by atoms with Crippen LogP contribution in [0.25, 0.3) is 0 Å². The van der Waals surface area contributed by atoms with E-state index in [1.165, 1.54) is 13.8 Å². The minimum absolute atomic E-state index is 0.0316. The van der Waals surface area contributed by atoms with E-state index in [0.717, 1.165) is 13.1 Å². The van der Waals surface area contributed by atoms with Crippen LogP contribution in [-0.2, 0) is 12.8 Å². The fourth-order valence-electron chi connectivity index (χ4n) is 3.64. The van der Waals surface area contributed by atoms with Gasteiger partial charge in [0.1, 0.15) is 0 Å². The van der Waals surface area contributed by atoms with E-state index < -0.39 is 23.7 Å². The Kier molecular flexibility index (Phi) is 4.10. The number of nitrogens with zero attached hydrogens (tertiary/aromatic N) is 3. The molecule has 9 heteroatoms. The summed E-state index contributed by atoms with van der Waals surface area (Å²) < 4.78 is 30.7. The smallest absolute Gasteiger partial charge is 0.276 e. The average Bonchev–Trinajstić information content (AvgIpc) is 3.12. The summed E-state index contributed by atoms with van der Waals surface area (Å²) in [5.41, 5.74) is 0.299. The van der Waals surface area contributed by atoms with Crippen LogP contribution >= 0.6 is 0 Å². The summed E-state index contributed by atoms with van der Waals surface area (Å²) in [6, 6.07) is 0.218. The summed E-state index contributed by atoms with van der Waals surface area (Å²) in [5.74, 6) is -2.88. The molecule has 0 spiro atoms. The van der Waals surface area contributed by atoms with E-state index in [2.05, 4.69) is 32.9 Å². The van der Waals surface area contributed by atoms with Crippen LogP contribution in [0.5, 0.6) is 0 Å². The zero-order chi connectivity index (χ0) is 19.4. The molecule has 7 nitrogen and oxygen atoms in total. The number of rotatable bonds is 4. The van der Waals surface area contributed by atoms with Crippen LogP contribution in [0.3, 0.4) is 0 Å². The summed E-state index contributed by atoms with van der Waals surface area (Å²) in [5, 5.41) is 17.0. The second kappa shape index (κ2) is 6.12. The first kappa shape index (κ1) is 18.1. The van der Waals surface area contributed by atoms with E-state index in [0.29, 0.717) is 22.9 Å². The lowest BCUT2D eigenvalue weighted by Crippen LogP contribution is -2.46. The lowest BCUT2D eigenvalue weighted by Gasteiger charge is -2.37. The van der Waals surface area contributed by atoms with Gasteiger partial charge in [-0.2, -0.15) is 10.2 Å². The number of H-pyrrole nitrogens is 1. The number of aromatic amines is 1. The van der Waals surface area contributed by atoms with E-state index >= 15 is 0 Å². The molecule has 1 unspecified atom stereocenters. The van der Waals surface area contributed by atoms with Gasteiger partial charge >= 0.3 is 0 Å². The normalized spacial score (nSPS) is 22.0. The van der Waals surface area contributed by atoms with Gasteiger partial charge in [-0.25, -0.2) is 8.78 Å². The molecule has 1 saturated heterocycles. The van der Waals surface area contributed by atoms with Crippen molar-refractivity contribution in [3.8, 4) is 0 Å². The van der Waals surface area contributed by atoms with Gasteiger partial charge in [0, 0.05) is 54.7 Å². The Labute approximate surface area is 155 Å². The number of alkyl halides is 2. The van der Waals surface area contributed by atoms with E-state index in [1.54, 1.807) is 12.4 Å². The molecule has 3 heterocycles. The molecular formula is C18H24F2N6O. The fraction of sp³-hybridized carbons (Fsp3) is 0.611. The SMILES string of the molecule is CC(C1CNC1)n1cc(NC(=O)c2n[nH]c3c2CC(F)(F)C(C)(C)C3)cn1. The van der Waals surface area contributed by atoms with Gasteiger partial charge in [-0.1, -0.05) is 13.8 Å². The third-order valence-electron chi connectivity index (χ3n) is 5.95. The van der Waals surface area contributed by atoms with Crippen LogP contribution in [0, 0.1) is 11.3 Å². The first-order chi connectivity index (χ1) is 12.7. The van der Waals surface area contributed by atoms with Crippen molar-refractivity contribution < 1.29 is 13.6 Å². The van der Waals surface area contributed by atoms with Gasteiger partial charge in [-0.3, -0.25) is 14.6 Å². The number of nitrogens with one attached hydrogen (secondary N) is 3. The van der Waals surface area contributed by atoms with Crippen molar-refractivity contribution in [2.75, 3.05) is 18.4 Å². The van der Waals surface area contributed by atoms with Crippen molar-refractivity contribution in [3.05, 3.63) is 29.3 Å². The van der Waals surface area contributed by atoms with Crippen LogP contribution in [0.15, 0.2) is 12.4 Å². The zero-order valence-corrected chi connectivity index (χ0v) is 15.6. The molecule has 0 radical (unpaired) electrons. The van der Waals surface area contributed by atoms with Crippen molar-refractivity contribution in [1.82, 2.24) is 25.3 Å². The van der Waals surface area contributed by atoms with Crippen LogP contribution in [0.1, 0.15) is 48.6 Å². The number of hydrogen-bond acceptors (Lipinski definition) is 4. The molecule has 1 aliphatic heterocycles. The van der Waals surface area contributed by atoms with Crippen LogP contribution in [0.2, 0.25) is 0 Å². The number of fused-ring (bicyclic) bond motifs is 1. The maximum Gasteiger partial charge on any atom is 0.276 e. The fourth-order valence-corrected chi connectivity index (χ4v) is 3.64. The molecule has 1 aliphatic carbocycles. The summed E-state index contributed by atoms with van der Waals surface area (Å²) >= 11 is 0. The zero-order valence-electron chi connectivity index (χ0n) is 15.6. The highest BCUT2D eigenvalue weighted by molar-refractivity contribution is 6.04. The molecule has 146 valence electrons. The molecule has 3 N–H and O–H groups in total. The number of halogens is 2. The molecule has 2 aromatic rings. The molecule has 1 atom stereocenters. The molecule has 2 aromatic heterocycles. The average molecular weight is 378 g/mol. The maximum absolute atomic E-state index is 14.4. The number of anilines is 1. The first-order valence-corrected chi connectivity index (χ1v) is 9.18. The second-order valence-electron chi connectivity index (χ2n) is 8.29. The monoisotopic (exact) mass is 378 g/mol. The lowest BCUT2D eigenvalue weighted by molar-refractivity contribution is -0.111. The van der Waals surface area contributed by atoms with Crippen LogP contribution < -0.4 is 10.6 Å². The minimum Gasteiger partial charge on any atom is -0.318 e. The Morgan fingerprint density at radius 2 is 2.11 bits per heavy atom. The van der Waals surface area contributed by atoms with E-state index in [9.17, 15) is 13.6 Å². The van der Waals surface area contributed by atoms with Gasteiger partial charge in [0.15, 0.2) is 5.69 Å². The predicted molar refractivity (Wildman–Crippen MR) is 96.0 cm³/mol. The van der Waals surface area contributed by atoms with Gasteiger partial charge in [0.05, 0.1) is 17.9 Å². The Morgan fingerprint density at radius 1 is 1.37 bits per heavy atom. The molecule has 1 fully saturated rings. The highest BCUT2D eigenvalue weighted by Gasteiger charge is 2.51. The highest BCUT2D eigenvalue weighted by atomic mass is 19.3. The Morgan fingerprint density at radius 3 is 2.78 bits per heavy atom. The first-order valence-electron chi connectivity index (χ1n) is 9.18. The highest BCUT2D eigenvalue weighted by Crippen LogP contribution is 2.46. The molecule has 2 aliphatic rings. The van der Waals surface area contributed by atoms with Crippen LogP contribution in [-0.4, -0.2) is 44.9 Å². The van der Waals surface area contributed by atoms with E-state index in [1.807, 2.05) is 4.68 Å². The van der Waals surface area contributed by atoms with Crippen molar-refractivity contribution in [2.24, 2.45) is 11.3 Å². The quantitative estimate of drug-likeness (QED) is 0.762. The van der Waals surface area contributed by atoms with Crippen molar-refractivity contribution in [3.63, 3.8) is 0 Å². The lowest BCUT2D eigenvalue weighted by atomic mass is 9.73. The number of hydrogen-bond donors (Lipinski definition) is 3. The van der Waals surface area contributed by atoms with Gasteiger partial charge < -0.3 is 10.6 Å². The topological polar surface area (TPSA) is 87.6 Å². The standard InChI is InChI=1S/C18H24F2N6O/c1-10(11-6-21-7-11)26-9-12(8-22-26)23-16(27)15-13-4-18(19,20)17(2,3)5-14(13)24-25-15/h8-11,21H,4-7H2,1-3H3,(H,23,27)(H,24,25). The van der Waals surface area contributed by atoms with Crippen molar-refractivity contribution in [1.29, 1.82) is 0 Å². The molecule has 0 saturated carbocycles. The third-order valence-corrected chi connectivity index (χ3v) is 5.95. The predicted octanol–water partition coefficient (Wildman–Crippen LogP) is 2.40. The van der Waals surface area contributed by atoms with Gasteiger partial charge in [-0.15, -0.1) is 0 Å². The summed E-state index contributed by atoms with van der Waals surface area (Å²) in [6.07, 6.45) is 3.00. The van der Waals surface area contributed by atoms with Gasteiger partial charge in [0.2, 0.25) is 0 Å². The molecule has 4 rings (SSSR count). The molecule has 0 bridgehead atoms. The van der Waals surface area contributed by atoms with E-state index in [4.69, 9.17) is 0 Å². The Hall–Kier alpha value is -2.29.